The molecule has 2 amide bonds. The molecule has 0 radical (unpaired) electrons. The fourth-order valence-electron chi connectivity index (χ4n) is 3.24. The number of hydrogen-bond acceptors (Lipinski definition) is 3. The smallest absolute Gasteiger partial charge is 0.410 e. The van der Waals surface area contributed by atoms with E-state index in [0.717, 1.165) is 45.3 Å². The zero-order chi connectivity index (χ0) is 16.2. The molecule has 2 aliphatic rings. The van der Waals surface area contributed by atoms with E-state index < -0.39 is 5.60 Å². The molecule has 0 aromatic heterocycles. The van der Waals surface area contributed by atoms with Gasteiger partial charge in [0, 0.05) is 32.6 Å². The number of rotatable bonds is 2. The van der Waals surface area contributed by atoms with Gasteiger partial charge in [0.05, 0.1) is 0 Å². The molecule has 22 heavy (non-hydrogen) atoms. The third kappa shape index (κ3) is 5.18. The highest BCUT2D eigenvalue weighted by atomic mass is 16.6. The number of amides is 2. The van der Waals surface area contributed by atoms with Crippen LogP contribution in [0.1, 0.15) is 59.3 Å². The number of hydrogen-bond donors (Lipinski definition) is 0. The number of nitrogens with zero attached hydrogens (tertiary/aromatic N) is 2. The number of piperidine rings is 2. The molecule has 0 unspecified atom stereocenters. The summed E-state index contributed by atoms with van der Waals surface area (Å²) >= 11 is 0. The third-order valence-corrected chi connectivity index (χ3v) is 4.34. The SMILES string of the molecule is CC(C)(C)OC(=O)N1CCC[C@@H](CC(=O)N2CCCCC2)C1. The predicted molar refractivity (Wildman–Crippen MR) is 85.6 cm³/mol. The van der Waals surface area contributed by atoms with E-state index in [4.69, 9.17) is 4.74 Å². The Morgan fingerprint density at radius 3 is 2.27 bits per heavy atom. The molecule has 2 saturated heterocycles. The van der Waals surface area contributed by atoms with Gasteiger partial charge in [0.15, 0.2) is 0 Å². The molecule has 2 aliphatic heterocycles. The largest absolute Gasteiger partial charge is 0.444 e. The highest BCUT2D eigenvalue weighted by Gasteiger charge is 2.29. The molecule has 0 aromatic rings. The average molecular weight is 310 g/mol. The van der Waals surface area contributed by atoms with Crippen LogP contribution in [0.4, 0.5) is 4.79 Å². The summed E-state index contributed by atoms with van der Waals surface area (Å²) in [6.07, 6.45) is 5.79. The van der Waals surface area contributed by atoms with Gasteiger partial charge in [-0.25, -0.2) is 4.79 Å². The first kappa shape index (κ1) is 17.1. The summed E-state index contributed by atoms with van der Waals surface area (Å²) in [5.74, 6) is 0.534. The maximum Gasteiger partial charge on any atom is 0.410 e. The molecular formula is C17H30N2O3. The van der Waals surface area contributed by atoms with E-state index >= 15 is 0 Å². The fraction of sp³-hybridized carbons (Fsp3) is 0.882. The highest BCUT2D eigenvalue weighted by Crippen LogP contribution is 2.23. The first-order valence-electron chi connectivity index (χ1n) is 8.61. The van der Waals surface area contributed by atoms with Crippen molar-refractivity contribution in [1.29, 1.82) is 0 Å². The quantitative estimate of drug-likeness (QED) is 0.787. The number of ether oxygens (including phenoxy) is 1. The van der Waals surface area contributed by atoms with Crippen LogP contribution in [0.15, 0.2) is 0 Å². The summed E-state index contributed by atoms with van der Waals surface area (Å²) in [6.45, 7) is 8.84. The van der Waals surface area contributed by atoms with E-state index in [1.807, 2.05) is 25.7 Å². The summed E-state index contributed by atoms with van der Waals surface area (Å²) in [5, 5.41) is 0. The van der Waals surface area contributed by atoms with Crippen LogP contribution in [0, 0.1) is 5.92 Å². The van der Waals surface area contributed by atoms with Crippen molar-refractivity contribution in [3.63, 3.8) is 0 Å². The van der Waals surface area contributed by atoms with Gasteiger partial charge >= 0.3 is 6.09 Å². The summed E-state index contributed by atoms with van der Waals surface area (Å²) in [5.41, 5.74) is -0.465. The Morgan fingerprint density at radius 1 is 1.00 bits per heavy atom. The van der Waals surface area contributed by atoms with Crippen molar-refractivity contribution < 1.29 is 14.3 Å². The molecule has 2 fully saturated rings. The van der Waals surface area contributed by atoms with E-state index in [1.165, 1.54) is 6.42 Å². The number of likely N-dealkylation sites (tertiary alicyclic amines) is 2. The van der Waals surface area contributed by atoms with E-state index in [-0.39, 0.29) is 17.9 Å². The molecule has 0 aromatic carbocycles. The van der Waals surface area contributed by atoms with Gasteiger partial charge in [0.2, 0.25) is 5.91 Å². The molecule has 2 heterocycles. The maximum absolute atomic E-state index is 12.4. The van der Waals surface area contributed by atoms with Gasteiger partial charge < -0.3 is 14.5 Å². The van der Waals surface area contributed by atoms with E-state index in [2.05, 4.69) is 0 Å². The van der Waals surface area contributed by atoms with E-state index in [9.17, 15) is 9.59 Å². The molecule has 2 rings (SSSR count). The number of carbonyl (C=O) groups excluding carboxylic acids is 2. The molecule has 126 valence electrons. The topological polar surface area (TPSA) is 49.9 Å². The van der Waals surface area contributed by atoms with Gasteiger partial charge in [-0.2, -0.15) is 0 Å². The lowest BCUT2D eigenvalue weighted by Crippen LogP contribution is -2.44. The summed E-state index contributed by atoms with van der Waals surface area (Å²) in [7, 11) is 0. The van der Waals surface area contributed by atoms with Crippen LogP contribution in [0.5, 0.6) is 0 Å². The van der Waals surface area contributed by atoms with E-state index in [0.29, 0.717) is 13.0 Å². The molecule has 5 heteroatoms. The monoisotopic (exact) mass is 310 g/mol. The minimum absolute atomic E-state index is 0.248. The molecule has 0 bridgehead atoms. The second-order valence-corrected chi connectivity index (χ2v) is 7.58. The Balaban J connectivity index is 1.82. The fourth-order valence-corrected chi connectivity index (χ4v) is 3.24. The van der Waals surface area contributed by atoms with Crippen LogP contribution in [0.3, 0.4) is 0 Å². The Morgan fingerprint density at radius 2 is 1.64 bits per heavy atom. The minimum atomic E-state index is -0.465. The van der Waals surface area contributed by atoms with Gasteiger partial charge in [0.1, 0.15) is 5.60 Å². The molecule has 0 saturated carbocycles. The molecule has 0 aliphatic carbocycles. The first-order chi connectivity index (χ1) is 10.3. The summed E-state index contributed by atoms with van der Waals surface area (Å²) in [4.78, 5) is 28.3. The van der Waals surface area contributed by atoms with Crippen LogP contribution in [0.25, 0.3) is 0 Å². The third-order valence-electron chi connectivity index (χ3n) is 4.34. The Hall–Kier alpha value is -1.26. The van der Waals surface area contributed by atoms with Crippen molar-refractivity contribution in [3.05, 3.63) is 0 Å². The lowest BCUT2D eigenvalue weighted by Gasteiger charge is -2.35. The van der Waals surface area contributed by atoms with Crippen LogP contribution >= 0.6 is 0 Å². The van der Waals surface area contributed by atoms with Crippen molar-refractivity contribution >= 4 is 12.0 Å². The van der Waals surface area contributed by atoms with Crippen LogP contribution in [-0.4, -0.2) is 53.6 Å². The Bertz CT molecular complexity index is 397. The zero-order valence-electron chi connectivity index (χ0n) is 14.3. The Labute approximate surface area is 134 Å². The van der Waals surface area contributed by atoms with Crippen LogP contribution in [0.2, 0.25) is 0 Å². The predicted octanol–water partition coefficient (Wildman–Crippen LogP) is 3.04. The lowest BCUT2D eigenvalue weighted by atomic mass is 9.94. The highest BCUT2D eigenvalue weighted by molar-refractivity contribution is 5.76. The number of carbonyl (C=O) groups is 2. The van der Waals surface area contributed by atoms with Crippen molar-refractivity contribution in [2.75, 3.05) is 26.2 Å². The van der Waals surface area contributed by atoms with Gasteiger partial charge in [-0.1, -0.05) is 0 Å². The van der Waals surface area contributed by atoms with Crippen molar-refractivity contribution in [2.45, 2.75) is 64.9 Å². The molecule has 1 atom stereocenters. The maximum atomic E-state index is 12.4. The Kier molecular flexibility index (Phi) is 5.70. The second-order valence-electron chi connectivity index (χ2n) is 7.58. The molecule has 0 spiro atoms. The van der Waals surface area contributed by atoms with Crippen molar-refractivity contribution in [1.82, 2.24) is 9.80 Å². The van der Waals surface area contributed by atoms with Gasteiger partial charge in [-0.3, -0.25) is 4.79 Å². The summed E-state index contributed by atoms with van der Waals surface area (Å²) in [6, 6.07) is 0. The lowest BCUT2D eigenvalue weighted by molar-refractivity contribution is -0.133. The van der Waals surface area contributed by atoms with Crippen molar-refractivity contribution in [3.8, 4) is 0 Å². The molecular weight excluding hydrogens is 280 g/mol. The van der Waals surface area contributed by atoms with Gasteiger partial charge in [-0.15, -0.1) is 0 Å². The van der Waals surface area contributed by atoms with Crippen molar-refractivity contribution in [2.24, 2.45) is 5.92 Å². The zero-order valence-corrected chi connectivity index (χ0v) is 14.3. The minimum Gasteiger partial charge on any atom is -0.444 e. The first-order valence-corrected chi connectivity index (χ1v) is 8.61. The second kappa shape index (κ2) is 7.34. The molecule has 0 N–H and O–H groups in total. The summed E-state index contributed by atoms with van der Waals surface area (Å²) < 4.78 is 5.44. The van der Waals surface area contributed by atoms with Crippen LogP contribution in [-0.2, 0) is 9.53 Å². The van der Waals surface area contributed by atoms with E-state index in [1.54, 1.807) is 4.90 Å². The standard InChI is InChI=1S/C17H30N2O3/c1-17(2,3)22-16(21)19-11-7-8-14(13-19)12-15(20)18-9-5-4-6-10-18/h14H,4-13H2,1-3H3/t14-/m0/s1. The van der Waals surface area contributed by atoms with Crippen LogP contribution < -0.4 is 0 Å². The average Bonchev–Trinajstić information content (AvgIpc) is 2.46. The normalized spacial score (nSPS) is 23.3. The van der Waals surface area contributed by atoms with Gasteiger partial charge in [0.25, 0.3) is 0 Å². The molecule has 5 nitrogen and oxygen atoms in total. The van der Waals surface area contributed by atoms with Gasteiger partial charge in [-0.05, 0) is 58.8 Å².